The van der Waals surface area contributed by atoms with Crippen molar-refractivity contribution in [2.75, 3.05) is 30.3 Å². The predicted octanol–water partition coefficient (Wildman–Crippen LogP) is 2.19. The Kier molecular flexibility index (Phi) is 5.76. The molecule has 1 aliphatic heterocycles. The van der Waals surface area contributed by atoms with Gasteiger partial charge in [-0.25, -0.2) is 8.42 Å². The number of halogens is 1. The van der Waals surface area contributed by atoms with Gasteiger partial charge in [-0.05, 0) is 23.8 Å². The summed E-state index contributed by atoms with van der Waals surface area (Å²) in [6.45, 7) is 0.667. The standard InChI is InChI=1S/C18H19ClN2O5S/c1-27(23,24)21(14-6-7-16-17(10-14)26-9-8-25-16)12-18(22)20-11-13-4-2-3-5-15(13)19/h2-7,10H,8-9,11-12H2,1H3,(H,20,22). The molecule has 0 spiro atoms. The Morgan fingerprint density at radius 3 is 2.56 bits per heavy atom. The molecule has 1 heterocycles. The third-order valence-corrected chi connectivity index (χ3v) is 5.44. The van der Waals surface area contributed by atoms with Gasteiger partial charge in [0, 0.05) is 17.6 Å². The van der Waals surface area contributed by atoms with Crippen molar-refractivity contribution < 1.29 is 22.7 Å². The fraction of sp³-hybridized carbons (Fsp3) is 0.278. The summed E-state index contributed by atoms with van der Waals surface area (Å²) in [6.07, 6.45) is 1.05. The van der Waals surface area contributed by atoms with Crippen LogP contribution in [0.4, 0.5) is 5.69 Å². The lowest BCUT2D eigenvalue weighted by Crippen LogP contribution is -2.40. The quantitative estimate of drug-likeness (QED) is 0.789. The number of amides is 1. The van der Waals surface area contributed by atoms with Crippen molar-refractivity contribution >= 4 is 33.2 Å². The summed E-state index contributed by atoms with van der Waals surface area (Å²) in [4.78, 5) is 12.3. The highest BCUT2D eigenvalue weighted by atomic mass is 35.5. The van der Waals surface area contributed by atoms with Gasteiger partial charge in [-0.3, -0.25) is 9.10 Å². The van der Waals surface area contributed by atoms with Crippen LogP contribution in [0.5, 0.6) is 11.5 Å². The molecule has 7 nitrogen and oxygen atoms in total. The zero-order valence-electron chi connectivity index (χ0n) is 14.6. The van der Waals surface area contributed by atoms with Crippen LogP contribution in [-0.4, -0.2) is 40.3 Å². The van der Waals surface area contributed by atoms with Gasteiger partial charge >= 0.3 is 0 Å². The Labute approximate surface area is 162 Å². The number of anilines is 1. The molecule has 3 rings (SSSR count). The molecule has 0 saturated heterocycles. The van der Waals surface area contributed by atoms with Crippen LogP contribution in [0.15, 0.2) is 42.5 Å². The molecule has 0 saturated carbocycles. The highest BCUT2D eigenvalue weighted by molar-refractivity contribution is 7.92. The van der Waals surface area contributed by atoms with E-state index in [0.29, 0.717) is 35.4 Å². The molecule has 0 radical (unpaired) electrons. The zero-order chi connectivity index (χ0) is 19.4. The topological polar surface area (TPSA) is 84.9 Å². The van der Waals surface area contributed by atoms with Gasteiger partial charge in [0.05, 0.1) is 11.9 Å². The largest absolute Gasteiger partial charge is 0.486 e. The highest BCUT2D eigenvalue weighted by Crippen LogP contribution is 2.34. The lowest BCUT2D eigenvalue weighted by atomic mass is 10.2. The predicted molar refractivity (Wildman–Crippen MR) is 103 cm³/mol. The van der Waals surface area contributed by atoms with Crippen molar-refractivity contribution in [3.05, 3.63) is 53.1 Å². The maximum atomic E-state index is 12.3. The summed E-state index contributed by atoms with van der Waals surface area (Å²) < 4.78 is 36.4. The third-order valence-electron chi connectivity index (χ3n) is 3.94. The number of benzene rings is 2. The van der Waals surface area contributed by atoms with Crippen molar-refractivity contribution in [3.8, 4) is 11.5 Å². The number of ether oxygens (including phenoxy) is 2. The van der Waals surface area contributed by atoms with Gasteiger partial charge in [-0.15, -0.1) is 0 Å². The maximum absolute atomic E-state index is 12.3. The lowest BCUT2D eigenvalue weighted by molar-refractivity contribution is -0.119. The molecule has 9 heteroatoms. The summed E-state index contributed by atoms with van der Waals surface area (Å²) in [5.74, 6) is 0.542. The van der Waals surface area contributed by atoms with Crippen LogP contribution in [0, 0.1) is 0 Å². The average Bonchev–Trinajstić information content (AvgIpc) is 2.64. The molecule has 2 aromatic carbocycles. The first-order valence-electron chi connectivity index (χ1n) is 8.22. The van der Waals surface area contributed by atoms with E-state index in [9.17, 15) is 13.2 Å². The average molecular weight is 411 g/mol. The molecule has 1 amide bonds. The number of nitrogens with zero attached hydrogens (tertiary/aromatic N) is 1. The second-order valence-corrected chi connectivity index (χ2v) is 8.28. The molecule has 0 bridgehead atoms. The minimum absolute atomic E-state index is 0.206. The first kappa shape index (κ1) is 19.3. The number of rotatable bonds is 6. The van der Waals surface area contributed by atoms with Crippen molar-refractivity contribution in [3.63, 3.8) is 0 Å². The number of fused-ring (bicyclic) bond motifs is 1. The van der Waals surface area contributed by atoms with Crippen LogP contribution in [0.3, 0.4) is 0 Å². The summed E-state index contributed by atoms with van der Waals surface area (Å²) in [5.41, 5.74) is 1.08. The zero-order valence-corrected chi connectivity index (χ0v) is 16.2. The van der Waals surface area contributed by atoms with Crippen LogP contribution in [0.25, 0.3) is 0 Å². The lowest BCUT2D eigenvalue weighted by Gasteiger charge is -2.24. The van der Waals surface area contributed by atoms with E-state index < -0.39 is 15.9 Å². The van der Waals surface area contributed by atoms with Crippen molar-refractivity contribution in [2.45, 2.75) is 6.54 Å². The van der Waals surface area contributed by atoms with Crippen molar-refractivity contribution in [1.29, 1.82) is 0 Å². The summed E-state index contributed by atoms with van der Waals surface area (Å²) in [5, 5.41) is 3.22. The second-order valence-electron chi connectivity index (χ2n) is 5.97. The van der Waals surface area contributed by atoms with Crippen molar-refractivity contribution in [1.82, 2.24) is 5.32 Å². The Morgan fingerprint density at radius 2 is 1.85 bits per heavy atom. The monoisotopic (exact) mass is 410 g/mol. The SMILES string of the molecule is CS(=O)(=O)N(CC(=O)NCc1ccccc1Cl)c1ccc2c(c1)OCCO2. The maximum Gasteiger partial charge on any atom is 0.241 e. The first-order valence-corrected chi connectivity index (χ1v) is 10.4. The van der Waals surface area contributed by atoms with Gasteiger partial charge in [-0.1, -0.05) is 29.8 Å². The number of hydrogen-bond acceptors (Lipinski definition) is 5. The highest BCUT2D eigenvalue weighted by Gasteiger charge is 2.23. The third kappa shape index (κ3) is 4.84. The van der Waals surface area contributed by atoms with Crippen molar-refractivity contribution in [2.24, 2.45) is 0 Å². The molecular weight excluding hydrogens is 392 g/mol. The van der Waals surface area contributed by atoms with E-state index in [1.807, 2.05) is 6.07 Å². The molecule has 1 N–H and O–H groups in total. The molecule has 0 aromatic heterocycles. The van der Waals surface area contributed by atoms with Gasteiger partial charge in [0.25, 0.3) is 0 Å². The van der Waals surface area contributed by atoms with E-state index in [1.54, 1.807) is 36.4 Å². The van der Waals surface area contributed by atoms with Crippen LogP contribution < -0.4 is 19.1 Å². The smallest absolute Gasteiger partial charge is 0.241 e. The van der Waals surface area contributed by atoms with E-state index in [1.165, 1.54) is 0 Å². The fourth-order valence-corrected chi connectivity index (χ4v) is 3.66. The van der Waals surface area contributed by atoms with E-state index in [2.05, 4.69) is 5.32 Å². The molecule has 1 aliphatic rings. The van der Waals surface area contributed by atoms with Crippen LogP contribution >= 0.6 is 11.6 Å². The number of carbonyl (C=O) groups excluding carboxylic acids is 1. The second kappa shape index (κ2) is 8.06. The minimum atomic E-state index is -3.68. The van der Waals surface area contributed by atoms with Gasteiger partial charge < -0.3 is 14.8 Å². The van der Waals surface area contributed by atoms with Gasteiger partial charge in [-0.2, -0.15) is 0 Å². The molecule has 27 heavy (non-hydrogen) atoms. The van der Waals surface area contributed by atoms with E-state index in [-0.39, 0.29) is 13.1 Å². The molecule has 0 fully saturated rings. The molecule has 2 aromatic rings. The number of hydrogen-bond donors (Lipinski definition) is 1. The van der Waals surface area contributed by atoms with Gasteiger partial charge in [0.2, 0.25) is 15.9 Å². The van der Waals surface area contributed by atoms with E-state index >= 15 is 0 Å². The first-order chi connectivity index (χ1) is 12.8. The number of sulfonamides is 1. The van der Waals surface area contributed by atoms with Crippen LogP contribution in [0.2, 0.25) is 5.02 Å². The van der Waals surface area contributed by atoms with Crippen LogP contribution in [0.1, 0.15) is 5.56 Å². The van der Waals surface area contributed by atoms with E-state index in [4.69, 9.17) is 21.1 Å². The molecular formula is C18H19ClN2O5S. The van der Waals surface area contributed by atoms with E-state index in [0.717, 1.165) is 16.1 Å². The normalized spacial score (nSPS) is 13.1. The Morgan fingerprint density at radius 1 is 1.15 bits per heavy atom. The molecule has 0 unspecified atom stereocenters. The van der Waals surface area contributed by atoms with Crippen LogP contribution in [-0.2, 0) is 21.4 Å². The number of carbonyl (C=O) groups is 1. The number of nitrogens with one attached hydrogen (secondary N) is 1. The fourth-order valence-electron chi connectivity index (χ4n) is 2.61. The summed E-state index contributed by atoms with van der Waals surface area (Å²) in [7, 11) is -3.68. The Bertz CT molecular complexity index is 949. The Balaban J connectivity index is 1.74. The Hall–Kier alpha value is -2.45. The molecule has 0 atom stereocenters. The molecule has 144 valence electrons. The summed E-state index contributed by atoms with van der Waals surface area (Å²) >= 11 is 6.07. The molecule has 0 aliphatic carbocycles. The van der Waals surface area contributed by atoms with Gasteiger partial charge in [0.1, 0.15) is 19.8 Å². The summed E-state index contributed by atoms with van der Waals surface area (Å²) in [6, 6.07) is 11.9. The van der Waals surface area contributed by atoms with Gasteiger partial charge in [0.15, 0.2) is 11.5 Å². The minimum Gasteiger partial charge on any atom is -0.486 e.